The van der Waals surface area contributed by atoms with Gasteiger partial charge in [-0.05, 0) is 19.8 Å². The van der Waals surface area contributed by atoms with E-state index in [1.54, 1.807) is 0 Å². The monoisotopic (exact) mass is 167 g/mol. The van der Waals surface area contributed by atoms with Crippen molar-refractivity contribution in [3.8, 4) is 0 Å². The number of hydrogen-bond donors (Lipinski definition) is 1. The van der Waals surface area contributed by atoms with Crippen LogP contribution < -0.4 is 0 Å². The lowest BCUT2D eigenvalue weighted by atomic mass is 10.1. The fraction of sp³-hybridized carbons (Fsp3) is 0.750. The van der Waals surface area contributed by atoms with Gasteiger partial charge in [0.1, 0.15) is 11.6 Å². The summed E-state index contributed by atoms with van der Waals surface area (Å²) in [6.45, 7) is 2.14. The second-order valence-corrected chi connectivity index (χ2v) is 3.26. The zero-order valence-electron chi connectivity index (χ0n) is 7.19. The molecule has 0 bridgehead atoms. The highest BCUT2D eigenvalue weighted by Gasteiger charge is 2.21. The van der Waals surface area contributed by atoms with Crippen molar-refractivity contribution >= 4 is 0 Å². The average Bonchev–Trinajstić information content (AvgIpc) is 2.48. The fourth-order valence-electron chi connectivity index (χ4n) is 1.86. The lowest BCUT2D eigenvalue weighted by Crippen LogP contribution is -2.21. The van der Waals surface area contributed by atoms with E-state index in [0.717, 1.165) is 30.9 Å². The van der Waals surface area contributed by atoms with Gasteiger partial charge in [-0.15, -0.1) is 10.2 Å². The second-order valence-electron chi connectivity index (χ2n) is 3.26. The Hall–Kier alpha value is -0.900. The van der Waals surface area contributed by atoms with Gasteiger partial charge in [-0.3, -0.25) is 0 Å². The van der Waals surface area contributed by atoms with Crippen molar-refractivity contribution < 1.29 is 5.11 Å². The highest BCUT2D eigenvalue weighted by Crippen LogP contribution is 2.23. The molecule has 0 spiro atoms. The van der Waals surface area contributed by atoms with Gasteiger partial charge in [0.2, 0.25) is 0 Å². The maximum absolute atomic E-state index is 9.10. The van der Waals surface area contributed by atoms with Crippen LogP contribution in [0.25, 0.3) is 0 Å². The molecular weight excluding hydrogens is 154 g/mol. The summed E-state index contributed by atoms with van der Waals surface area (Å²) < 4.78 is 2.06. The highest BCUT2D eigenvalue weighted by atomic mass is 16.3. The van der Waals surface area contributed by atoms with Gasteiger partial charge in [0.15, 0.2) is 0 Å². The topological polar surface area (TPSA) is 50.9 Å². The smallest absolute Gasteiger partial charge is 0.133 e. The van der Waals surface area contributed by atoms with Crippen molar-refractivity contribution in [2.45, 2.75) is 32.2 Å². The Bertz CT molecular complexity index is 282. The van der Waals surface area contributed by atoms with Crippen molar-refractivity contribution in [3.05, 3.63) is 11.6 Å². The summed E-state index contributed by atoms with van der Waals surface area (Å²) in [7, 11) is 0. The van der Waals surface area contributed by atoms with Gasteiger partial charge in [0.25, 0.3) is 0 Å². The molecule has 1 aromatic rings. The third-order valence-corrected chi connectivity index (χ3v) is 2.45. The van der Waals surface area contributed by atoms with Crippen LogP contribution in [0.4, 0.5) is 0 Å². The lowest BCUT2D eigenvalue weighted by molar-refractivity contribution is 0.204. The molecule has 0 saturated carbocycles. The normalized spacial score (nSPS) is 22.3. The van der Waals surface area contributed by atoms with E-state index in [-0.39, 0.29) is 12.6 Å². The minimum atomic E-state index is 0.200. The highest BCUT2D eigenvalue weighted by molar-refractivity contribution is 5.00. The van der Waals surface area contributed by atoms with Crippen LogP contribution in [0, 0.1) is 6.92 Å². The number of hydrogen-bond acceptors (Lipinski definition) is 3. The SMILES string of the molecule is Cc1nnc2n1C(CO)CCC2. The van der Waals surface area contributed by atoms with Crippen LogP contribution in [-0.4, -0.2) is 26.5 Å². The molecule has 1 atom stereocenters. The van der Waals surface area contributed by atoms with Crippen molar-refractivity contribution in [2.24, 2.45) is 0 Å². The summed E-state index contributed by atoms with van der Waals surface area (Å²) in [6, 6.07) is 0.212. The number of aliphatic hydroxyl groups excluding tert-OH is 1. The third kappa shape index (κ3) is 1.03. The van der Waals surface area contributed by atoms with Crippen molar-refractivity contribution in [2.75, 3.05) is 6.61 Å². The lowest BCUT2D eigenvalue weighted by Gasteiger charge is -2.23. The van der Waals surface area contributed by atoms with E-state index in [2.05, 4.69) is 14.8 Å². The summed E-state index contributed by atoms with van der Waals surface area (Å²) in [5.41, 5.74) is 0. The van der Waals surface area contributed by atoms with Crippen molar-refractivity contribution in [1.29, 1.82) is 0 Å². The van der Waals surface area contributed by atoms with Gasteiger partial charge >= 0.3 is 0 Å². The Morgan fingerprint density at radius 1 is 1.58 bits per heavy atom. The van der Waals surface area contributed by atoms with Crippen LogP contribution in [-0.2, 0) is 6.42 Å². The first-order valence-corrected chi connectivity index (χ1v) is 4.34. The van der Waals surface area contributed by atoms with Gasteiger partial charge in [0.05, 0.1) is 12.6 Å². The molecule has 4 heteroatoms. The van der Waals surface area contributed by atoms with Crippen LogP contribution in [0.15, 0.2) is 0 Å². The molecule has 2 heterocycles. The predicted octanol–water partition coefficient (Wildman–Crippen LogP) is 0.456. The van der Waals surface area contributed by atoms with E-state index >= 15 is 0 Å². The number of aryl methyl sites for hydroxylation is 2. The quantitative estimate of drug-likeness (QED) is 0.661. The molecule has 1 aliphatic heterocycles. The Balaban J connectivity index is 2.41. The van der Waals surface area contributed by atoms with Crippen LogP contribution >= 0.6 is 0 Å². The van der Waals surface area contributed by atoms with E-state index in [9.17, 15) is 0 Å². The van der Waals surface area contributed by atoms with Crippen molar-refractivity contribution in [1.82, 2.24) is 14.8 Å². The second kappa shape index (κ2) is 2.86. The average molecular weight is 167 g/mol. The predicted molar refractivity (Wildman–Crippen MR) is 43.8 cm³/mol. The van der Waals surface area contributed by atoms with E-state index in [1.807, 2.05) is 6.92 Å². The minimum Gasteiger partial charge on any atom is -0.394 e. The Labute approximate surface area is 71.2 Å². The summed E-state index contributed by atoms with van der Waals surface area (Å²) in [5.74, 6) is 1.95. The maximum atomic E-state index is 9.10. The van der Waals surface area contributed by atoms with E-state index < -0.39 is 0 Å². The minimum absolute atomic E-state index is 0.200. The molecule has 1 aromatic heterocycles. The Morgan fingerprint density at radius 2 is 2.42 bits per heavy atom. The molecule has 0 saturated heterocycles. The van der Waals surface area contributed by atoms with Crippen molar-refractivity contribution in [3.63, 3.8) is 0 Å². The van der Waals surface area contributed by atoms with Crippen LogP contribution in [0.2, 0.25) is 0 Å². The number of fused-ring (bicyclic) bond motifs is 1. The molecule has 1 unspecified atom stereocenters. The van der Waals surface area contributed by atoms with Gasteiger partial charge < -0.3 is 9.67 Å². The number of nitrogens with zero attached hydrogens (tertiary/aromatic N) is 3. The molecule has 4 nitrogen and oxygen atoms in total. The standard InChI is InChI=1S/C8H13N3O/c1-6-9-10-8-4-2-3-7(5-12)11(6)8/h7,12H,2-5H2,1H3. The van der Waals surface area contributed by atoms with E-state index in [1.165, 1.54) is 0 Å². The van der Waals surface area contributed by atoms with Crippen LogP contribution in [0.1, 0.15) is 30.5 Å². The molecule has 12 heavy (non-hydrogen) atoms. The summed E-state index contributed by atoms with van der Waals surface area (Å²) in [5, 5.41) is 17.2. The molecule has 66 valence electrons. The molecule has 0 aliphatic carbocycles. The van der Waals surface area contributed by atoms with Crippen LogP contribution in [0.5, 0.6) is 0 Å². The van der Waals surface area contributed by atoms with E-state index in [4.69, 9.17) is 5.11 Å². The molecule has 0 amide bonds. The van der Waals surface area contributed by atoms with Crippen LogP contribution in [0.3, 0.4) is 0 Å². The molecule has 2 rings (SSSR count). The summed E-state index contributed by atoms with van der Waals surface area (Å²) in [4.78, 5) is 0. The molecule has 0 fully saturated rings. The number of rotatable bonds is 1. The largest absolute Gasteiger partial charge is 0.394 e. The molecular formula is C8H13N3O. The molecule has 1 N–H and O–H groups in total. The molecule has 0 radical (unpaired) electrons. The zero-order chi connectivity index (χ0) is 8.55. The summed E-state index contributed by atoms with van der Waals surface area (Å²) in [6.07, 6.45) is 3.16. The summed E-state index contributed by atoms with van der Waals surface area (Å²) >= 11 is 0. The van der Waals surface area contributed by atoms with Gasteiger partial charge in [-0.2, -0.15) is 0 Å². The first-order chi connectivity index (χ1) is 5.83. The first-order valence-electron chi connectivity index (χ1n) is 4.34. The number of aromatic nitrogens is 3. The molecule has 1 aliphatic rings. The van der Waals surface area contributed by atoms with Gasteiger partial charge in [-0.25, -0.2) is 0 Å². The fourth-order valence-corrected chi connectivity index (χ4v) is 1.86. The third-order valence-electron chi connectivity index (χ3n) is 2.45. The molecule has 0 aromatic carbocycles. The first kappa shape index (κ1) is 7.73. The van der Waals surface area contributed by atoms with Gasteiger partial charge in [-0.1, -0.05) is 0 Å². The van der Waals surface area contributed by atoms with Gasteiger partial charge in [0, 0.05) is 6.42 Å². The maximum Gasteiger partial charge on any atom is 0.133 e. The Morgan fingerprint density at radius 3 is 3.17 bits per heavy atom. The van der Waals surface area contributed by atoms with E-state index in [0.29, 0.717) is 0 Å². The zero-order valence-corrected chi connectivity index (χ0v) is 7.19. The number of aliphatic hydroxyl groups is 1. The Kier molecular flexibility index (Phi) is 1.84.